The lowest BCUT2D eigenvalue weighted by atomic mass is 10.0. The number of nitrogens with zero attached hydrogens (tertiary/aromatic N) is 4. The number of carbonyl (C=O) groups excluding carboxylic acids is 2. The molecule has 2 amide bonds. The van der Waals surface area contributed by atoms with E-state index in [1.165, 1.54) is 0 Å². The highest BCUT2D eigenvalue weighted by atomic mass is 19.4. The molecule has 0 spiro atoms. The maximum absolute atomic E-state index is 15.0. The first kappa shape index (κ1) is 29.8. The van der Waals surface area contributed by atoms with Gasteiger partial charge in [-0.1, -0.05) is 0 Å². The van der Waals surface area contributed by atoms with E-state index in [2.05, 4.69) is 15.4 Å². The predicted octanol–water partition coefficient (Wildman–Crippen LogP) is 2.74. The van der Waals surface area contributed by atoms with Crippen molar-refractivity contribution in [2.45, 2.75) is 37.1 Å². The van der Waals surface area contributed by atoms with Crippen molar-refractivity contribution in [1.82, 2.24) is 24.8 Å². The number of amides is 2. The molecule has 4 rings (SSSR count). The normalized spacial score (nSPS) is 19.3. The fourth-order valence-electron chi connectivity index (χ4n) is 4.35. The molecule has 0 radical (unpaired) electrons. The number of hydrogen-bond donors (Lipinski definition) is 3. The lowest BCUT2D eigenvalue weighted by Crippen LogP contribution is -2.56. The number of benzene rings is 1. The summed E-state index contributed by atoms with van der Waals surface area (Å²) in [7, 11) is 0.977. The fraction of sp³-hybridized carbons (Fsp3) is 0.391. The number of aliphatic hydroxyl groups is 1. The molecule has 41 heavy (non-hydrogen) atoms. The van der Waals surface area contributed by atoms with Crippen molar-refractivity contribution < 1.29 is 54.6 Å². The zero-order valence-electron chi connectivity index (χ0n) is 20.9. The maximum Gasteiger partial charge on any atom is 0.426 e. The zero-order chi connectivity index (χ0) is 30.7. The van der Waals surface area contributed by atoms with Crippen LogP contribution < -0.4 is 15.8 Å². The number of ether oxygens (including phenoxy) is 1. The molecular weight excluding hydrogens is 576 g/mol. The highest BCUT2D eigenvalue weighted by Crippen LogP contribution is 2.40. The van der Waals surface area contributed by atoms with Crippen molar-refractivity contribution in [3.8, 4) is 17.0 Å². The molecule has 0 bridgehead atoms. The van der Waals surface area contributed by atoms with E-state index in [0.717, 1.165) is 30.1 Å². The van der Waals surface area contributed by atoms with Gasteiger partial charge < -0.3 is 25.8 Å². The molecule has 0 aliphatic carbocycles. The van der Waals surface area contributed by atoms with Gasteiger partial charge in [0.15, 0.2) is 17.4 Å². The minimum Gasteiger partial charge on any atom is -0.493 e. The summed E-state index contributed by atoms with van der Waals surface area (Å²) in [6.07, 6.45) is -11.5. The Morgan fingerprint density at radius 3 is 2.39 bits per heavy atom. The minimum absolute atomic E-state index is 0.196. The SMILES string of the molecule is COc1c(F)cc(-c2cc(C(F)(F)F)c3c(N)ncnn23)cc1C(=O)N[C@@H]1CN(C(=O)C(C)(O)C(F)(F)F)C[C@@H]1F. The molecule has 18 heteroatoms. The Hall–Kier alpha value is -4.22. The van der Waals surface area contributed by atoms with Crippen LogP contribution in [0.15, 0.2) is 24.5 Å². The van der Waals surface area contributed by atoms with Gasteiger partial charge in [0.25, 0.3) is 11.8 Å². The summed E-state index contributed by atoms with van der Waals surface area (Å²) in [6.45, 7) is -1.49. The summed E-state index contributed by atoms with van der Waals surface area (Å²) < 4.78 is 116. The minimum atomic E-state index is -5.37. The molecule has 10 nitrogen and oxygen atoms in total. The van der Waals surface area contributed by atoms with E-state index >= 15 is 4.39 Å². The Kier molecular flexibility index (Phi) is 7.26. The Morgan fingerprint density at radius 2 is 1.80 bits per heavy atom. The monoisotopic (exact) mass is 596 g/mol. The van der Waals surface area contributed by atoms with E-state index in [0.29, 0.717) is 11.0 Å². The standard InChI is InChI=1S/C23H20F8N6O4/c1-21(40,23(29,30)31)20(39)36-6-13(25)14(7-36)35-19(38)10-3-9(4-12(24)17(10)41-2)15-5-11(22(26,27)28)16-18(32)33-8-34-37(15)16/h3-5,8,13-14,40H,6-7H2,1-2H3,(H,35,38)(H2,32,33,34)/t13-,14+,21?/m0/s1. The first-order chi connectivity index (χ1) is 18.9. The second-order valence-electron chi connectivity index (χ2n) is 9.26. The number of nitrogens with one attached hydrogen (secondary N) is 1. The molecule has 3 aromatic rings. The number of likely N-dealkylation sites (tertiary alicyclic amines) is 1. The predicted molar refractivity (Wildman–Crippen MR) is 124 cm³/mol. The number of rotatable bonds is 5. The van der Waals surface area contributed by atoms with Crippen LogP contribution in [0.3, 0.4) is 0 Å². The van der Waals surface area contributed by atoms with Crippen LogP contribution in [-0.4, -0.2) is 80.6 Å². The van der Waals surface area contributed by atoms with Gasteiger partial charge in [0.2, 0.25) is 5.60 Å². The molecule has 3 atom stereocenters. The molecule has 222 valence electrons. The summed E-state index contributed by atoms with van der Waals surface area (Å²) in [4.78, 5) is 29.2. The van der Waals surface area contributed by atoms with Gasteiger partial charge in [0.05, 0.1) is 36.5 Å². The first-order valence-corrected chi connectivity index (χ1v) is 11.5. The van der Waals surface area contributed by atoms with Crippen molar-refractivity contribution in [3.63, 3.8) is 0 Å². The summed E-state index contributed by atoms with van der Waals surface area (Å²) >= 11 is 0. The quantitative estimate of drug-likeness (QED) is 0.386. The van der Waals surface area contributed by atoms with E-state index in [1.807, 2.05) is 0 Å². The summed E-state index contributed by atoms with van der Waals surface area (Å²) in [6, 6.07) is 0.693. The fourth-order valence-corrected chi connectivity index (χ4v) is 4.35. The summed E-state index contributed by atoms with van der Waals surface area (Å²) in [5, 5.41) is 15.5. The molecule has 4 N–H and O–H groups in total. The van der Waals surface area contributed by atoms with Crippen LogP contribution in [0.1, 0.15) is 22.8 Å². The van der Waals surface area contributed by atoms with Crippen molar-refractivity contribution in [2.75, 3.05) is 25.9 Å². The van der Waals surface area contributed by atoms with E-state index in [1.54, 1.807) is 0 Å². The third kappa shape index (κ3) is 5.18. The molecular formula is C23H20F8N6O4. The number of halogens is 8. The highest BCUT2D eigenvalue weighted by Gasteiger charge is 2.58. The highest BCUT2D eigenvalue weighted by molar-refractivity contribution is 5.99. The second-order valence-corrected chi connectivity index (χ2v) is 9.26. The second kappa shape index (κ2) is 10.0. The molecule has 1 unspecified atom stereocenters. The van der Waals surface area contributed by atoms with Crippen molar-refractivity contribution in [2.24, 2.45) is 0 Å². The average Bonchev–Trinajstić information content (AvgIpc) is 3.44. The number of hydrogen-bond acceptors (Lipinski definition) is 7. The Labute approximate surface area is 224 Å². The Morgan fingerprint density at radius 1 is 1.15 bits per heavy atom. The van der Waals surface area contributed by atoms with Crippen LogP contribution in [0.2, 0.25) is 0 Å². The topological polar surface area (TPSA) is 135 Å². The smallest absolute Gasteiger partial charge is 0.426 e. The lowest BCUT2D eigenvalue weighted by Gasteiger charge is -2.29. The van der Waals surface area contributed by atoms with Crippen LogP contribution in [0.5, 0.6) is 5.75 Å². The van der Waals surface area contributed by atoms with Gasteiger partial charge in [0, 0.05) is 12.1 Å². The molecule has 1 aromatic carbocycles. The van der Waals surface area contributed by atoms with Gasteiger partial charge in [-0.25, -0.2) is 18.3 Å². The lowest BCUT2D eigenvalue weighted by molar-refractivity contribution is -0.249. The van der Waals surface area contributed by atoms with E-state index in [4.69, 9.17) is 10.5 Å². The van der Waals surface area contributed by atoms with Crippen molar-refractivity contribution in [1.29, 1.82) is 0 Å². The molecule has 1 aliphatic heterocycles. The van der Waals surface area contributed by atoms with Crippen LogP contribution in [0.4, 0.5) is 40.9 Å². The van der Waals surface area contributed by atoms with Crippen molar-refractivity contribution >= 4 is 23.1 Å². The summed E-state index contributed by atoms with van der Waals surface area (Å²) in [5.74, 6) is -5.50. The number of fused-ring (bicyclic) bond motifs is 1. The van der Waals surface area contributed by atoms with Gasteiger partial charge in [-0.3, -0.25) is 9.59 Å². The number of nitrogen functional groups attached to an aromatic ring is 1. The van der Waals surface area contributed by atoms with Crippen LogP contribution in [0.25, 0.3) is 16.8 Å². The number of aromatic nitrogens is 3. The Balaban J connectivity index is 1.69. The van der Waals surface area contributed by atoms with Crippen LogP contribution in [-0.2, 0) is 11.0 Å². The maximum atomic E-state index is 15.0. The molecule has 1 fully saturated rings. The summed E-state index contributed by atoms with van der Waals surface area (Å²) in [5.41, 5.74) is -1.38. The third-order valence-electron chi connectivity index (χ3n) is 6.50. The van der Waals surface area contributed by atoms with E-state index in [9.17, 15) is 45.4 Å². The molecule has 1 saturated heterocycles. The first-order valence-electron chi connectivity index (χ1n) is 11.5. The van der Waals surface area contributed by atoms with Gasteiger partial charge in [-0.2, -0.15) is 31.4 Å². The molecule has 3 heterocycles. The van der Waals surface area contributed by atoms with E-state index in [-0.39, 0.29) is 18.2 Å². The number of methoxy groups -OCH3 is 1. The van der Waals surface area contributed by atoms with Gasteiger partial charge in [-0.05, 0) is 25.1 Å². The van der Waals surface area contributed by atoms with Crippen LogP contribution in [0, 0.1) is 5.82 Å². The van der Waals surface area contributed by atoms with Gasteiger partial charge in [-0.15, -0.1) is 0 Å². The van der Waals surface area contributed by atoms with Gasteiger partial charge in [0.1, 0.15) is 18.0 Å². The molecule has 0 saturated carbocycles. The number of alkyl halides is 7. The molecule has 2 aromatic heterocycles. The molecule has 1 aliphatic rings. The van der Waals surface area contributed by atoms with E-state index < -0.39 is 89.1 Å². The van der Waals surface area contributed by atoms with Crippen LogP contribution >= 0.6 is 0 Å². The average molecular weight is 596 g/mol. The zero-order valence-corrected chi connectivity index (χ0v) is 20.9. The number of anilines is 1. The Bertz CT molecular complexity index is 1520. The van der Waals surface area contributed by atoms with Crippen molar-refractivity contribution in [3.05, 3.63) is 41.5 Å². The third-order valence-corrected chi connectivity index (χ3v) is 6.50. The van der Waals surface area contributed by atoms with Gasteiger partial charge >= 0.3 is 12.4 Å². The largest absolute Gasteiger partial charge is 0.493 e. The number of carbonyl (C=O) groups is 2. The number of nitrogens with two attached hydrogens (primary N) is 1.